The predicted molar refractivity (Wildman–Crippen MR) is 176 cm³/mol. The summed E-state index contributed by atoms with van der Waals surface area (Å²) in [7, 11) is 0. The molecule has 0 aromatic carbocycles. The molecule has 3 saturated carbocycles. The van der Waals surface area contributed by atoms with E-state index >= 15 is 0 Å². The Hall–Kier alpha value is 0.440. The molecule has 0 radical (unpaired) electrons. The first-order valence-electron chi connectivity index (χ1n) is 17.6. The zero-order valence-corrected chi connectivity index (χ0v) is 28.4. The monoisotopic (exact) mass is 610 g/mol. The summed E-state index contributed by atoms with van der Waals surface area (Å²) in [6.07, 6.45) is 17.9. The lowest BCUT2D eigenvalue weighted by Gasteiger charge is -2.49. The molecular weight excluding hydrogens is 548 g/mol. The lowest BCUT2D eigenvalue weighted by Crippen LogP contribution is -2.53. The normalized spacial score (nSPS) is 39.1. The molecule has 5 unspecified atom stereocenters. The van der Waals surface area contributed by atoms with Gasteiger partial charge in [0, 0.05) is 48.8 Å². The SMILES string of the molecule is CC(C)[C@H](CN1CC[C@H](C2CCC(Cl)CC2)C(C)(C)C1)NCC1CCCC(CNSCC2NOC3CCCCC23)C1. The number of likely N-dealkylation sites (tertiary alicyclic amines) is 1. The van der Waals surface area contributed by atoms with Crippen molar-refractivity contribution in [1.82, 2.24) is 20.4 Å². The van der Waals surface area contributed by atoms with Crippen molar-refractivity contribution in [1.29, 1.82) is 0 Å². The van der Waals surface area contributed by atoms with Gasteiger partial charge in [0.1, 0.15) is 0 Å². The summed E-state index contributed by atoms with van der Waals surface area (Å²) in [4.78, 5) is 8.68. The highest BCUT2D eigenvalue weighted by Crippen LogP contribution is 2.45. The topological polar surface area (TPSA) is 48.6 Å². The Bertz CT molecular complexity index is 778. The largest absolute Gasteiger partial charge is 0.312 e. The molecule has 0 amide bonds. The molecule has 0 aromatic heterocycles. The van der Waals surface area contributed by atoms with Crippen LogP contribution in [0.2, 0.25) is 0 Å². The van der Waals surface area contributed by atoms with Crippen molar-refractivity contribution in [2.75, 3.05) is 38.5 Å². The smallest absolute Gasteiger partial charge is 0.0834 e. The third kappa shape index (κ3) is 9.23. The molecule has 0 aromatic rings. The first-order valence-corrected chi connectivity index (χ1v) is 19.1. The summed E-state index contributed by atoms with van der Waals surface area (Å²) in [6.45, 7) is 16.0. The molecule has 5 aliphatic rings. The molecule has 5 rings (SSSR count). The second kappa shape index (κ2) is 15.6. The number of hydroxylamine groups is 1. The van der Waals surface area contributed by atoms with Gasteiger partial charge in [-0.05, 0) is 112 Å². The summed E-state index contributed by atoms with van der Waals surface area (Å²) < 4.78 is 3.76. The molecule has 2 aliphatic heterocycles. The second-order valence-corrected chi connectivity index (χ2v) is 17.3. The van der Waals surface area contributed by atoms with E-state index in [1.807, 2.05) is 11.9 Å². The van der Waals surface area contributed by atoms with Gasteiger partial charge in [-0.1, -0.05) is 58.9 Å². The molecular formula is C34H63ClN4OS. The van der Waals surface area contributed by atoms with Crippen LogP contribution in [0.5, 0.6) is 0 Å². The number of alkyl halides is 1. The summed E-state index contributed by atoms with van der Waals surface area (Å²) in [5.41, 5.74) is 3.76. The van der Waals surface area contributed by atoms with Crippen molar-refractivity contribution in [3.8, 4) is 0 Å². The fraction of sp³-hybridized carbons (Fsp3) is 1.00. The molecule has 2 heterocycles. The van der Waals surface area contributed by atoms with Gasteiger partial charge < -0.3 is 10.2 Å². The molecule has 3 aliphatic carbocycles. The first kappa shape index (κ1) is 32.8. The van der Waals surface area contributed by atoms with Crippen LogP contribution >= 0.6 is 23.5 Å². The fourth-order valence-corrected chi connectivity index (χ4v) is 10.6. The standard InChI is InChI=1S/C34H63ClN4OS/c1-24(2)31(21-39-17-16-30(34(3,4)23-39)27-12-14-28(35)15-13-27)36-19-25-8-7-9-26(18-25)20-37-41-22-32-29-10-5-6-11-33(29)40-38-32/h24-33,36-38H,5-23H2,1-4H3/t25?,26?,27?,28?,29?,30-,31+,32?,33?/m1/s1. The Morgan fingerprint density at radius 2 is 1.71 bits per heavy atom. The Labute approximate surface area is 262 Å². The van der Waals surface area contributed by atoms with E-state index in [0.29, 0.717) is 34.9 Å². The molecule has 41 heavy (non-hydrogen) atoms. The summed E-state index contributed by atoms with van der Waals surface area (Å²) >= 11 is 8.37. The average Bonchev–Trinajstić information content (AvgIpc) is 3.37. The molecule has 238 valence electrons. The maximum atomic E-state index is 6.44. The van der Waals surface area contributed by atoms with Crippen LogP contribution in [-0.4, -0.2) is 66.9 Å². The quantitative estimate of drug-likeness (QED) is 0.123. The van der Waals surface area contributed by atoms with Gasteiger partial charge >= 0.3 is 0 Å². The van der Waals surface area contributed by atoms with Crippen molar-refractivity contribution in [3.63, 3.8) is 0 Å². The van der Waals surface area contributed by atoms with Gasteiger partial charge in [-0.15, -0.1) is 11.6 Å². The Morgan fingerprint density at radius 3 is 2.46 bits per heavy atom. The number of hydrogen-bond acceptors (Lipinski definition) is 6. The summed E-state index contributed by atoms with van der Waals surface area (Å²) in [5, 5.41) is 4.52. The van der Waals surface area contributed by atoms with E-state index in [2.05, 4.69) is 48.1 Å². The molecule has 2 saturated heterocycles. The van der Waals surface area contributed by atoms with Crippen LogP contribution in [-0.2, 0) is 4.84 Å². The highest BCUT2D eigenvalue weighted by Gasteiger charge is 2.42. The average molecular weight is 611 g/mol. The minimum atomic E-state index is 0.407. The van der Waals surface area contributed by atoms with E-state index < -0.39 is 0 Å². The van der Waals surface area contributed by atoms with Crippen LogP contribution in [0.4, 0.5) is 0 Å². The molecule has 0 spiro atoms. The third-order valence-corrected chi connectivity index (χ3v) is 13.2. The van der Waals surface area contributed by atoms with Crippen molar-refractivity contribution >= 4 is 23.5 Å². The zero-order chi connectivity index (χ0) is 28.8. The minimum Gasteiger partial charge on any atom is -0.312 e. The van der Waals surface area contributed by atoms with Crippen LogP contribution in [0.1, 0.15) is 111 Å². The van der Waals surface area contributed by atoms with E-state index in [1.165, 1.54) is 110 Å². The maximum absolute atomic E-state index is 6.44. The number of rotatable bonds is 12. The molecule has 5 nitrogen and oxygen atoms in total. The van der Waals surface area contributed by atoms with Crippen molar-refractivity contribution < 1.29 is 4.84 Å². The molecule has 7 atom stereocenters. The number of nitrogens with zero attached hydrogens (tertiary/aromatic N) is 1. The van der Waals surface area contributed by atoms with Crippen LogP contribution in [0.3, 0.4) is 0 Å². The van der Waals surface area contributed by atoms with Gasteiger partial charge in [0.15, 0.2) is 0 Å². The molecule has 3 N–H and O–H groups in total. The highest BCUT2D eigenvalue weighted by atomic mass is 35.5. The van der Waals surface area contributed by atoms with E-state index in [-0.39, 0.29) is 0 Å². The number of piperidine rings is 1. The second-order valence-electron chi connectivity index (χ2n) is 15.8. The van der Waals surface area contributed by atoms with Gasteiger partial charge in [0.05, 0.1) is 6.10 Å². The highest BCUT2D eigenvalue weighted by molar-refractivity contribution is 7.97. The molecule has 7 heteroatoms. The van der Waals surface area contributed by atoms with Gasteiger partial charge in [0.25, 0.3) is 0 Å². The van der Waals surface area contributed by atoms with E-state index in [0.717, 1.165) is 41.9 Å². The lowest BCUT2D eigenvalue weighted by atomic mass is 9.64. The Kier molecular flexibility index (Phi) is 12.5. The van der Waals surface area contributed by atoms with Crippen LogP contribution in [0.25, 0.3) is 0 Å². The van der Waals surface area contributed by atoms with Gasteiger partial charge in [-0.25, -0.2) is 0 Å². The van der Waals surface area contributed by atoms with E-state index in [4.69, 9.17) is 16.4 Å². The van der Waals surface area contributed by atoms with E-state index in [9.17, 15) is 0 Å². The lowest BCUT2D eigenvalue weighted by molar-refractivity contribution is 0.00453. The van der Waals surface area contributed by atoms with Crippen molar-refractivity contribution in [2.45, 2.75) is 135 Å². The third-order valence-electron chi connectivity index (χ3n) is 11.9. The number of fused-ring (bicyclic) bond motifs is 1. The van der Waals surface area contributed by atoms with Gasteiger partial charge in [0.2, 0.25) is 0 Å². The van der Waals surface area contributed by atoms with Crippen LogP contribution in [0, 0.1) is 40.9 Å². The van der Waals surface area contributed by atoms with Crippen LogP contribution < -0.4 is 15.5 Å². The Morgan fingerprint density at radius 1 is 0.951 bits per heavy atom. The Balaban J connectivity index is 1.00. The number of nitrogens with one attached hydrogen (secondary N) is 3. The maximum Gasteiger partial charge on any atom is 0.0834 e. The van der Waals surface area contributed by atoms with Crippen molar-refractivity contribution in [3.05, 3.63) is 0 Å². The molecule has 0 bridgehead atoms. The van der Waals surface area contributed by atoms with Crippen molar-refractivity contribution in [2.24, 2.45) is 40.9 Å². The fourth-order valence-electron chi connectivity index (χ4n) is 9.35. The van der Waals surface area contributed by atoms with E-state index in [1.54, 1.807) is 0 Å². The van der Waals surface area contributed by atoms with Gasteiger partial charge in [-0.2, -0.15) is 5.48 Å². The van der Waals surface area contributed by atoms with Crippen LogP contribution in [0.15, 0.2) is 0 Å². The first-order chi connectivity index (χ1) is 19.8. The minimum absolute atomic E-state index is 0.407. The zero-order valence-electron chi connectivity index (χ0n) is 26.9. The number of hydrogen-bond donors (Lipinski definition) is 3. The summed E-state index contributed by atoms with van der Waals surface area (Å²) in [5.74, 6) is 5.93. The predicted octanol–water partition coefficient (Wildman–Crippen LogP) is 7.25. The van der Waals surface area contributed by atoms with Gasteiger partial charge in [-0.3, -0.25) is 9.56 Å². The number of halogens is 1. The summed E-state index contributed by atoms with van der Waals surface area (Å²) in [6, 6.07) is 1.11. The molecule has 5 fully saturated rings.